The lowest BCUT2D eigenvalue weighted by molar-refractivity contribution is 0.252. The molecule has 0 spiro atoms. The summed E-state index contributed by atoms with van der Waals surface area (Å²) in [6.45, 7) is 3.47. The van der Waals surface area contributed by atoms with E-state index in [0.717, 1.165) is 16.7 Å². The molecule has 0 radical (unpaired) electrons. The van der Waals surface area contributed by atoms with Crippen LogP contribution in [0.4, 0.5) is 4.79 Å². The zero-order valence-electron chi connectivity index (χ0n) is 13.8. The third-order valence-electron chi connectivity index (χ3n) is 4.24. The summed E-state index contributed by atoms with van der Waals surface area (Å²) in [7, 11) is -4.09. The van der Waals surface area contributed by atoms with Gasteiger partial charge in [-0.1, -0.05) is 17.7 Å². The minimum atomic E-state index is -4.09. The van der Waals surface area contributed by atoms with Crippen LogP contribution in [-0.4, -0.2) is 29.3 Å². The van der Waals surface area contributed by atoms with Crippen LogP contribution in [0.3, 0.4) is 0 Å². The van der Waals surface area contributed by atoms with Crippen molar-refractivity contribution in [3.8, 4) is 11.8 Å². The number of nitrogens with zero attached hydrogens (tertiary/aromatic N) is 1. The number of sulfonamides is 1. The molecule has 2 amide bonds. The lowest BCUT2D eigenvalue weighted by Crippen LogP contribution is -2.38. The van der Waals surface area contributed by atoms with Crippen LogP contribution in [0.5, 0.6) is 11.8 Å². The van der Waals surface area contributed by atoms with Crippen LogP contribution in [-0.2, 0) is 22.9 Å². The van der Waals surface area contributed by atoms with E-state index in [9.17, 15) is 23.4 Å². The second kappa shape index (κ2) is 5.99. The van der Waals surface area contributed by atoms with E-state index in [2.05, 4.69) is 5.43 Å². The van der Waals surface area contributed by atoms with E-state index in [1.54, 1.807) is 19.1 Å². The zero-order chi connectivity index (χ0) is 18.4. The average molecular weight is 365 g/mol. The third-order valence-corrected chi connectivity index (χ3v) is 5.73. The maximum absolute atomic E-state index is 12.4. The van der Waals surface area contributed by atoms with Crippen LogP contribution in [0.1, 0.15) is 28.7 Å². The van der Waals surface area contributed by atoms with E-state index in [0.29, 0.717) is 29.5 Å². The predicted octanol–water partition coefficient (Wildman–Crippen LogP) is 1.65. The van der Waals surface area contributed by atoms with E-state index in [4.69, 9.17) is 0 Å². The number of nitrogens with one attached hydrogen (secondary N) is 2. The van der Waals surface area contributed by atoms with E-state index >= 15 is 0 Å². The molecule has 8 nitrogen and oxygen atoms in total. The number of rotatable bonds is 3. The summed E-state index contributed by atoms with van der Waals surface area (Å²) in [5.41, 5.74) is 4.69. The second-order valence-corrected chi connectivity index (χ2v) is 7.76. The Labute approximate surface area is 145 Å². The number of carbonyl (C=O) groups is 1. The van der Waals surface area contributed by atoms with Crippen LogP contribution >= 0.6 is 0 Å². The van der Waals surface area contributed by atoms with E-state index in [1.807, 2.05) is 11.6 Å². The Morgan fingerprint density at radius 1 is 1.12 bits per heavy atom. The molecule has 9 heteroatoms. The molecule has 0 unspecified atom stereocenters. The fourth-order valence-corrected chi connectivity index (χ4v) is 4.25. The van der Waals surface area contributed by atoms with Gasteiger partial charge in [0.05, 0.1) is 4.90 Å². The molecule has 4 N–H and O–H groups in total. The molecule has 0 fully saturated rings. The van der Waals surface area contributed by atoms with Gasteiger partial charge in [-0.05, 0) is 44.7 Å². The summed E-state index contributed by atoms with van der Waals surface area (Å²) in [6, 6.07) is 3.66. The molecule has 0 saturated carbocycles. The lowest BCUT2D eigenvalue weighted by atomic mass is 10.2. The number of hydrogen-bond donors (Lipinski definition) is 4. The Morgan fingerprint density at radius 3 is 2.28 bits per heavy atom. The van der Waals surface area contributed by atoms with Crippen molar-refractivity contribution in [2.75, 3.05) is 5.43 Å². The molecular weight excluding hydrogens is 346 g/mol. The summed E-state index contributed by atoms with van der Waals surface area (Å²) >= 11 is 0. The van der Waals surface area contributed by atoms with Gasteiger partial charge in [0, 0.05) is 11.1 Å². The Morgan fingerprint density at radius 2 is 1.72 bits per heavy atom. The van der Waals surface area contributed by atoms with Gasteiger partial charge in [0.25, 0.3) is 10.0 Å². The van der Waals surface area contributed by atoms with Crippen molar-refractivity contribution < 1.29 is 23.4 Å². The van der Waals surface area contributed by atoms with Gasteiger partial charge in [-0.2, -0.15) is 4.68 Å². The highest BCUT2D eigenvalue weighted by Crippen LogP contribution is 2.38. The Balaban J connectivity index is 1.81. The number of carbonyl (C=O) groups excluding carboxylic acids is 1. The number of urea groups is 1. The van der Waals surface area contributed by atoms with Crippen molar-refractivity contribution >= 4 is 16.1 Å². The van der Waals surface area contributed by atoms with Gasteiger partial charge >= 0.3 is 6.03 Å². The number of aromatic nitrogens is 1. The summed E-state index contributed by atoms with van der Waals surface area (Å²) in [5.74, 6) is -0.576. The lowest BCUT2D eigenvalue weighted by Gasteiger charge is -2.13. The summed E-state index contributed by atoms with van der Waals surface area (Å²) in [4.78, 5) is 12.0. The zero-order valence-corrected chi connectivity index (χ0v) is 14.6. The van der Waals surface area contributed by atoms with Gasteiger partial charge in [-0.15, -0.1) is 0 Å². The molecule has 0 bridgehead atoms. The number of aromatic hydroxyl groups is 2. The molecule has 2 aromatic rings. The van der Waals surface area contributed by atoms with Gasteiger partial charge in [0.15, 0.2) is 0 Å². The average Bonchev–Trinajstić information content (AvgIpc) is 3.06. The Hall–Kier alpha value is -2.68. The smallest absolute Gasteiger partial charge is 0.347 e. The molecule has 0 atom stereocenters. The number of aryl methyl sites for hydroxylation is 2. The van der Waals surface area contributed by atoms with Crippen molar-refractivity contribution in [2.45, 2.75) is 38.0 Å². The molecule has 1 heterocycles. The number of fused-ring (bicyclic) bond motifs is 1. The van der Waals surface area contributed by atoms with Crippen LogP contribution in [0.15, 0.2) is 23.1 Å². The second-order valence-electron chi connectivity index (χ2n) is 6.11. The normalized spacial score (nSPS) is 13.5. The fourth-order valence-electron chi connectivity index (χ4n) is 3.12. The van der Waals surface area contributed by atoms with Crippen LogP contribution in [0.25, 0.3) is 0 Å². The molecule has 1 aromatic heterocycles. The first-order valence-electron chi connectivity index (χ1n) is 7.76. The minimum Gasteiger partial charge on any atom is -0.493 e. The fraction of sp³-hybridized carbons (Fsp3) is 0.312. The molecule has 134 valence electrons. The monoisotopic (exact) mass is 365 g/mol. The van der Waals surface area contributed by atoms with Gasteiger partial charge in [0.2, 0.25) is 11.8 Å². The van der Waals surface area contributed by atoms with Gasteiger partial charge in [-0.25, -0.2) is 23.4 Å². The summed E-state index contributed by atoms with van der Waals surface area (Å²) in [5, 5.41) is 20.2. The van der Waals surface area contributed by atoms with E-state index in [1.165, 1.54) is 6.07 Å². The molecular formula is C16H19N3O5S. The van der Waals surface area contributed by atoms with Gasteiger partial charge in [0.1, 0.15) is 0 Å². The van der Waals surface area contributed by atoms with Crippen molar-refractivity contribution in [1.82, 2.24) is 9.40 Å². The number of amides is 2. The maximum Gasteiger partial charge on any atom is 0.347 e. The molecule has 1 aliphatic rings. The molecule has 3 rings (SSSR count). The third kappa shape index (κ3) is 3.02. The van der Waals surface area contributed by atoms with E-state index in [-0.39, 0.29) is 16.7 Å². The molecule has 1 aromatic carbocycles. The highest BCUT2D eigenvalue weighted by molar-refractivity contribution is 7.90. The first-order valence-corrected chi connectivity index (χ1v) is 9.24. The van der Waals surface area contributed by atoms with Crippen molar-refractivity contribution in [3.05, 3.63) is 40.5 Å². The molecule has 25 heavy (non-hydrogen) atoms. The van der Waals surface area contributed by atoms with Crippen LogP contribution < -0.4 is 10.1 Å². The predicted molar refractivity (Wildman–Crippen MR) is 90.8 cm³/mol. The van der Waals surface area contributed by atoms with Gasteiger partial charge < -0.3 is 10.2 Å². The first kappa shape index (κ1) is 17.2. The molecule has 0 aliphatic heterocycles. The topological polar surface area (TPSA) is 121 Å². The van der Waals surface area contributed by atoms with E-state index < -0.39 is 16.1 Å². The van der Waals surface area contributed by atoms with Crippen molar-refractivity contribution in [2.24, 2.45) is 0 Å². The van der Waals surface area contributed by atoms with Crippen LogP contribution in [0.2, 0.25) is 0 Å². The minimum absolute atomic E-state index is 0.0169. The Bertz CT molecular complexity index is 935. The highest BCUT2D eigenvalue weighted by atomic mass is 32.2. The van der Waals surface area contributed by atoms with Gasteiger partial charge in [-0.3, -0.25) is 0 Å². The largest absolute Gasteiger partial charge is 0.493 e. The number of hydrogen-bond acceptors (Lipinski definition) is 5. The quantitative estimate of drug-likeness (QED) is 0.659. The Kier molecular flexibility index (Phi) is 4.11. The summed E-state index contributed by atoms with van der Waals surface area (Å²) < 4.78 is 27.4. The maximum atomic E-state index is 12.4. The first-order chi connectivity index (χ1) is 11.7. The molecule has 0 saturated heterocycles. The molecule has 1 aliphatic carbocycles. The van der Waals surface area contributed by atoms with Crippen molar-refractivity contribution in [3.63, 3.8) is 0 Å². The van der Waals surface area contributed by atoms with Crippen molar-refractivity contribution in [1.29, 1.82) is 0 Å². The SMILES string of the molecule is Cc1ccc(S(=O)(=O)NC(=O)Nn2c(O)c3c(c2O)CCC3)c(C)c1. The highest BCUT2D eigenvalue weighted by Gasteiger charge is 2.28. The summed E-state index contributed by atoms with van der Waals surface area (Å²) in [6.07, 6.45) is 1.98. The standard InChI is InChI=1S/C16H19N3O5S/c1-9-6-7-13(10(2)8-9)25(23,24)18-16(22)17-19-14(20)11-4-3-5-12(11)15(19)21/h6-8,20-21H,3-5H2,1-2H3,(H2,17,18,22). The van der Waals surface area contributed by atoms with Crippen LogP contribution in [0, 0.1) is 13.8 Å². The number of benzene rings is 1.